The predicted molar refractivity (Wildman–Crippen MR) is 95.4 cm³/mol. The molecule has 24 heavy (non-hydrogen) atoms. The number of nitrogens with one attached hydrogen (secondary N) is 1. The molecule has 1 saturated heterocycles. The van der Waals surface area contributed by atoms with Crippen molar-refractivity contribution in [1.82, 2.24) is 9.62 Å². The van der Waals surface area contributed by atoms with Gasteiger partial charge in [0.2, 0.25) is 10.0 Å². The first-order valence-corrected chi connectivity index (χ1v) is 10.2. The van der Waals surface area contributed by atoms with E-state index in [1.807, 2.05) is 20.8 Å². The van der Waals surface area contributed by atoms with Crippen molar-refractivity contribution in [2.75, 3.05) is 13.1 Å². The molecule has 1 N–H and O–H groups in total. The first-order valence-electron chi connectivity index (χ1n) is 8.73. The van der Waals surface area contributed by atoms with E-state index in [9.17, 15) is 13.2 Å². The van der Waals surface area contributed by atoms with E-state index < -0.39 is 10.0 Å². The molecule has 1 atom stereocenters. The zero-order chi connectivity index (χ0) is 17.7. The maximum absolute atomic E-state index is 12.7. The molecule has 0 aliphatic carbocycles. The molecule has 1 aliphatic rings. The van der Waals surface area contributed by atoms with Crippen LogP contribution in [0.2, 0.25) is 0 Å². The Kier molecular flexibility index (Phi) is 6.40. The molecule has 134 valence electrons. The molecular weight excluding hydrogens is 324 g/mol. The highest BCUT2D eigenvalue weighted by atomic mass is 32.2. The van der Waals surface area contributed by atoms with Crippen LogP contribution in [0.15, 0.2) is 29.2 Å². The highest BCUT2D eigenvalue weighted by Gasteiger charge is 2.25. The van der Waals surface area contributed by atoms with Gasteiger partial charge in [0, 0.05) is 24.7 Å². The van der Waals surface area contributed by atoms with Crippen LogP contribution in [0.5, 0.6) is 0 Å². The Bertz CT molecular complexity index is 645. The van der Waals surface area contributed by atoms with Gasteiger partial charge in [-0.1, -0.05) is 26.7 Å². The van der Waals surface area contributed by atoms with Gasteiger partial charge in [0.15, 0.2) is 0 Å². The van der Waals surface area contributed by atoms with Crippen molar-refractivity contribution in [3.05, 3.63) is 29.8 Å². The molecule has 1 heterocycles. The van der Waals surface area contributed by atoms with Gasteiger partial charge >= 0.3 is 0 Å². The van der Waals surface area contributed by atoms with Crippen LogP contribution in [0, 0.1) is 5.92 Å². The van der Waals surface area contributed by atoms with Crippen LogP contribution in [0.3, 0.4) is 0 Å². The van der Waals surface area contributed by atoms with Crippen molar-refractivity contribution in [1.29, 1.82) is 0 Å². The molecule has 1 fully saturated rings. The fraction of sp³-hybridized carbons (Fsp3) is 0.611. The highest BCUT2D eigenvalue weighted by molar-refractivity contribution is 7.89. The Hall–Kier alpha value is -1.40. The van der Waals surface area contributed by atoms with E-state index in [0.29, 0.717) is 24.6 Å². The number of hydrogen-bond donors (Lipinski definition) is 1. The van der Waals surface area contributed by atoms with Crippen molar-refractivity contribution < 1.29 is 13.2 Å². The summed E-state index contributed by atoms with van der Waals surface area (Å²) in [5, 5.41) is 2.93. The number of rotatable bonds is 5. The molecule has 0 radical (unpaired) electrons. The second-order valence-corrected chi connectivity index (χ2v) is 8.79. The Morgan fingerprint density at radius 3 is 2.04 bits per heavy atom. The lowest BCUT2D eigenvalue weighted by Crippen LogP contribution is -2.36. The number of carbonyl (C=O) groups is 1. The summed E-state index contributed by atoms with van der Waals surface area (Å²) < 4.78 is 27.0. The van der Waals surface area contributed by atoms with E-state index in [1.54, 1.807) is 16.4 Å². The molecule has 1 aromatic carbocycles. The number of benzene rings is 1. The maximum Gasteiger partial charge on any atom is 0.251 e. The number of nitrogens with zero attached hydrogens (tertiary/aromatic N) is 1. The average molecular weight is 353 g/mol. The largest absolute Gasteiger partial charge is 0.349 e. The lowest BCUT2D eigenvalue weighted by Gasteiger charge is -2.20. The average Bonchev–Trinajstić information content (AvgIpc) is 2.84. The van der Waals surface area contributed by atoms with Crippen molar-refractivity contribution in [3.63, 3.8) is 0 Å². The van der Waals surface area contributed by atoms with Crippen LogP contribution >= 0.6 is 0 Å². The second kappa shape index (κ2) is 8.12. The van der Waals surface area contributed by atoms with Gasteiger partial charge in [-0.15, -0.1) is 0 Å². The van der Waals surface area contributed by atoms with Crippen LogP contribution in [-0.2, 0) is 10.0 Å². The lowest BCUT2D eigenvalue weighted by atomic mass is 10.1. The lowest BCUT2D eigenvalue weighted by molar-refractivity contribution is 0.0930. The minimum atomic E-state index is -3.46. The van der Waals surface area contributed by atoms with Crippen molar-refractivity contribution in [3.8, 4) is 0 Å². The third-order valence-corrected chi connectivity index (χ3v) is 6.59. The Labute approximate surface area is 145 Å². The summed E-state index contributed by atoms with van der Waals surface area (Å²) in [7, 11) is -3.46. The third-order valence-electron chi connectivity index (χ3n) is 4.68. The molecule has 1 amide bonds. The molecular formula is C18H28N2O3S. The minimum Gasteiger partial charge on any atom is -0.349 e. The summed E-state index contributed by atoms with van der Waals surface area (Å²) in [6.45, 7) is 7.21. The fourth-order valence-electron chi connectivity index (χ4n) is 2.67. The molecule has 0 spiro atoms. The van der Waals surface area contributed by atoms with Crippen LogP contribution < -0.4 is 5.32 Å². The number of hydrogen-bond acceptors (Lipinski definition) is 3. The van der Waals surface area contributed by atoms with Crippen molar-refractivity contribution in [2.24, 2.45) is 5.92 Å². The van der Waals surface area contributed by atoms with E-state index in [2.05, 4.69) is 5.32 Å². The summed E-state index contributed by atoms with van der Waals surface area (Å²) in [6, 6.07) is 6.32. The third kappa shape index (κ3) is 4.57. The minimum absolute atomic E-state index is 0.0676. The summed E-state index contributed by atoms with van der Waals surface area (Å²) in [6.07, 6.45) is 3.98. The number of carbonyl (C=O) groups excluding carboxylic acids is 1. The van der Waals surface area contributed by atoms with Gasteiger partial charge in [-0.05, 0) is 49.9 Å². The predicted octanol–water partition coefficient (Wildman–Crippen LogP) is 3.03. The Morgan fingerprint density at radius 1 is 1.00 bits per heavy atom. The fourth-order valence-corrected chi connectivity index (χ4v) is 4.18. The zero-order valence-electron chi connectivity index (χ0n) is 14.8. The molecule has 0 bridgehead atoms. The van der Waals surface area contributed by atoms with Gasteiger partial charge < -0.3 is 5.32 Å². The second-order valence-electron chi connectivity index (χ2n) is 6.85. The van der Waals surface area contributed by atoms with Gasteiger partial charge in [0.25, 0.3) is 5.91 Å². The van der Waals surface area contributed by atoms with E-state index in [-0.39, 0.29) is 16.8 Å². The van der Waals surface area contributed by atoms with Gasteiger partial charge in [-0.3, -0.25) is 4.79 Å². The monoisotopic (exact) mass is 352 g/mol. The Balaban J connectivity index is 2.11. The Morgan fingerprint density at radius 2 is 1.54 bits per heavy atom. The molecule has 1 aliphatic heterocycles. The van der Waals surface area contributed by atoms with Gasteiger partial charge in [0.05, 0.1) is 4.90 Å². The van der Waals surface area contributed by atoms with Crippen LogP contribution in [0.4, 0.5) is 0 Å². The van der Waals surface area contributed by atoms with Crippen LogP contribution in [0.25, 0.3) is 0 Å². The SMILES string of the molecule is CC(C)C(C)NC(=O)c1ccc(S(=O)(=O)N2CCCCCC2)cc1. The molecule has 0 saturated carbocycles. The standard InChI is InChI=1S/C18H28N2O3S/c1-14(2)15(3)19-18(21)16-8-10-17(11-9-16)24(22,23)20-12-6-4-5-7-13-20/h8-11,14-15H,4-7,12-13H2,1-3H3,(H,19,21). The van der Waals surface area contributed by atoms with Crippen molar-refractivity contribution in [2.45, 2.75) is 57.4 Å². The molecule has 6 heteroatoms. The van der Waals surface area contributed by atoms with Crippen LogP contribution in [-0.4, -0.2) is 37.8 Å². The van der Waals surface area contributed by atoms with E-state index in [4.69, 9.17) is 0 Å². The molecule has 5 nitrogen and oxygen atoms in total. The first-order chi connectivity index (χ1) is 11.3. The molecule has 0 aromatic heterocycles. The topological polar surface area (TPSA) is 66.5 Å². The van der Waals surface area contributed by atoms with E-state index in [0.717, 1.165) is 25.7 Å². The maximum atomic E-state index is 12.7. The summed E-state index contributed by atoms with van der Waals surface area (Å²) in [5.41, 5.74) is 0.484. The molecule has 2 rings (SSSR count). The quantitative estimate of drug-likeness (QED) is 0.886. The number of amides is 1. The zero-order valence-corrected chi connectivity index (χ0v) is 15.6. The summed E-state index contributed by atoms with van der Waals surface area (Å²) >= 11 is 0. The van der Waals surface area contributed by atoms with Gasteiger partial charge in [0.1, 0.15) is 0 Å². The normalized spacial score (nSPS) is 18.2. The van der Waals surface area contributed by atoms with Crippen LogP contribution in [0.1, 0.15) is 56.8 Å². The number of sulfonamides is 1. The van der Waals surface area contributed by atoms with Gasteiger partial charge in [-0.25, -0.2) is 8.42 Å². The van der Waals surface area contributed by atoms with Crippen molar-refractivity contribution >= 4 is 15.9 Å². The van der Waals surface area contributed by atoms with E-state index in [1.165, 1.54) is 12.1 Å². The molecule has 1 aromatic rings. The first kappa shape index (κ1) is 18.9. The highest BCUT2D eigenvalue weighted by Crippen LogP contribution is 2.20. The summed E-state index contributed by atoms with van der Waals surface area (Å²) in [4.78, 5) is 12.5. The van der Waals surface area contributed by atoms with E-state index >= 15 is 0 Å². The smallest absolute Gasteiger partial charge is 0.251 e. The molecule has 1 unspecified atom stereocenters. The summed E-state index contributed by atoms with van der Waals surface area (Å²) in [5.74, 6) is 0.173. The van der Waals surface area contributed by atoms with Gasteiger partial charge in [-0.2, -0.15) is 4.31 Å².